The van der Waals surface area contributed by atoms with E-state index in [0.29, 0.717) is 12.5 Å². The number of nitrogens with one attached hydrogen (secondary N) is 1. The van der Waals surface area contributed by atoms with Crippen LogP contribution in [0.15, 0.2) is 15.6 Å². The first kappa shape index (κ1) is 13.5. The number of hydrogen-bond donors (Lipinski definition) is 2. The van der Waals surface area contributed by atoms with Gasteiger partial charge in [0.2, 0.25) is 0 Å². The van der Waals surface area contributed by atoms with Gasteiger partial charge in [0.1, 0.15) is 12.3 Å². The summed E-state index contributed by atoms with van der Waals surface area (Å²) >= 11 is 0. The summed E-state index contributed by atoms with van der Waals surface area (Å²) in [5.74, 6) is 1.93. The molecule has 96 valence electrons. The van der Waals surface area contributed by atoms with Crippen molar-refractivity contribution in [3.05, 3.63) is 17.8 Å². The number of aryl methyl sites for hydroxylation is 1. The minimum absolute atomic E-state index is 0.0810. The number of guanidine groups is 1. The zero-order valence-electron chi connectivity index (χ0n) is 11.1. The number of aromatic nitrogens is 1. The van der Waals surface area contributed by atoms with Gasteiger partial charge in [0.15, 0.2) is 11.9 Å². The average molecular weight is 238 g/mol. The Bertz CT molecular complexity index is 376. The molecule has 1 heterocycles. The molecular formula is C12H22N4O. The van der Waals surface area contributed by atoms with Crippen molar-refractivity contribution in [2.75, 3.05) is 0 Å². The third-order valence-corrected chi connectivity index (χ3v) is 1.97. The van der Waals surface area contributed by atoms with Gasteiger partial charge in [-0.2, -0.15) is 0 Å². The Morgan fingerprint density at radius 1 is 1.53 bits per heavy atom. The van der Waals surface area contributed by atoms with Crippen LogP contribution in [0, 0.1) is 0 Å². The summed E-state index contributed by atoms with van der Waals surface area (Å²) in [6.07, 6.45) is 3.59. The van der Waals surface area contributed by atoms with E-state index < -0.39 is 0 Å². The first-order valence-corrected chi connectivity index (χ1v) is 5.92. The van der Waals surface area contributed by atoms with E-state index >= 15 is 0 Å². The highest BCUT2D eigenvalue weighted by atomic mass is 16.4. The van der Waals surface area contributed by atoms with Crippen LogP contribution >= 0.6 is 0 Å². The summed E-state index contributed by atoms with van der Waals surface area (Å²) in [5, 5.41) is 3.09. The molecule has 0 aromatic carbocycles. The fraction of sp³-hybridized carbons (Fsp3) is 0.667. The second-order valence-electron chi connectivity index (χ2n) is 5.05. The van der Waals surface area contributed by atoms with Crippen LogP contribution in [-0.4, -0.2) is 16.5 Å². The molecule has 3 N–H and O–H groups in total. The highest BCUT2D eigenvalue weighted by Crippen LogP contribution is 2.07. The number of oxazole rings is 1. The van der Waals surface area contributed by atoms with Crippen LogP contribution in [0.2, 0.25) is 0 Å². The van der Waals surface area contributed by atoms with E-state index in [2.05, 4.69) is 22.2 Å². The fourth-order valence-corrected chi connectivity index (χ4v) is 1.34. The minimum atomic E-state index is -0.0810. The Morgan fingerprint density at radius 2 is 2.24 bits per heavy atom. The van der Waals surface area contributed by atoms with Gasteiger partial charge >= 0.3 is 0 Å². The van der Waals surface area contributed by atoms with Crippen LogP contribution < -0.4 is 11.1 Å². The maximum atomic E-state index is 5.75. The van der Waals surface area contributed by atoms with Gasteiger partial charge in [-0.3, -0.25) is 0 Å². The second kappa shape index (κ2) is 5.70. The van der Waals surface area contributed by atoms with Gasteiger partial charge < -0.3 is 15.5 Å². The van der Waals surface area contributed by atoms with E-state index in [1.54, 1.807) is 6.20 Å². The maximum Gasteiger partial charge on any atom is 0.194 e. The smallest absolute Gasteiger partial charge is 0.194 e. The Balaban J connectivity index is 2.50. The first-order chi connectivity index (χ1) is 7.90. The summed E-state index contributed by atoms with van der Waals surface area (Å²) in [4.78, 5) is 8.36. The third-order valence-electron chi connectivity index (χ3n) is 1.97. The van der Waals surface area contributed by atoms with E-state index in [1.807, 2.05) is 20.8 Å². The van der Waals surface area contributed by atoms with Crippen LogP contribution in [0.4, 0.5) is 0 Å². The van der Waals surface area contributed by atoms with E-state index in [9.17, 15) is 0 Å². The molecule has 1 aromatic heterocycles. The molecule has 0 saturated carbocycles. The van der Waals surface area contributed by atoms with Crippen molar-refractivity contribution in [2.45, 2.75) is 52.6 Å². The summed E-state index contributed by atoms with van der Waals surface area (Å²) in [6.45, 7) is 8.61. The Labute approximate surface area is 103 Å². The molecule has 0 spiro atoms. The molecule has 1 aromatic rings. The molecule has 0 aliphatic heterocycles. The van der Waals surface area contributed by atoms with Crippen molar-refractivity contribution in [2.24, 2.45) is 10.7 Å². The zero-order valence-corrected chi connectivity index (χ0v) is 11.1. The lowest BCUT2D eigenvalue weighted by Crippen LogP contribution is -2.44. The Kier molecular flexibility index (Phi) is 4.54. The first-order valence-electron chi connectivity index (χ1n) is 5.92. The highest BCUT2D eigenvalue weighted by Gasteiger charge is 2.10. The lowest BCUT2D eigenvalue weighted by molar-refractivity contribution is 0.453. The topological polar surface area (TPSA) is 76.4 Å². The monoisotopic (exact) mass is 238 g/mol. The van der Waals surface area contributed by atoms with Crippen molar-refractivity contribution in [3.8, 4) is 0 Å². The van der Waals surface area contributed by atoms with E-state index in [0.717, 1.165) is 24.5 Å². The quantitative estimate of drug-likeness (QED) is 0.619. The number of nitrogens with zero attached hydrogens (tertiary/aromatic N) is 2. The predicted molar refractivity (Wildman–Crippen MR) is 68.7 cm³/mol. The van der Waals surface area contributed by atoms with Crippen LogP contribution in [0.1, 0.15) is 45.8 Å². The third kappa shape index (κ3) is 5.38. The van der Waals surface area contributed by atoms with Gasteiger partial charge in [-0.25, -0.2) is 9.98 Å². The summed E-state index contributed by atoms with van der Waals surface area (Å²) in [5.41, 5.74) is 5.67. The number of aliphatic imine (C=N–C) groups is 1. The normalized spacial score (nSPS) is 12.8. The van der Waals surface area contributed by atoms with Crippen molar-refractivity contribution in [3.63, 3.8) is 0 Å². The van der Waals surface area contributed by atoms with Crippen molar-refractivity contribution < 1.29 is 4.42 Å². The molecule has 0 aliphatic carbocycles. The molecular weight excluding hydrogens is 216 g/mol. The Hall–Kier alpha value is -1.52. The number of nitrogens with two attached hydrogens (primary N) is 1. The number of hydrogen-bond acceptors (Lipinski definition) is 3. The highest BCUT2D eigenvalue weighted by molar-refractivity contribution is 5.78. The molecule has 0 bridgehead atoms. The molecule has 0 amide bonds. The van der Waals surface area contributed by atoms with Crippen LogP contribution in [0.25, 0.3) is 0 Å². The molecule has 17 heavy (non-hydrogen) atoms. The largest absolute Gasteiger partial charge is 0.444 e. The van der Waals surface area contributed by atoms with Gasteiger partial charge in [0, 0.05) is 12.0 Å². The minimum Gasteiger partial charge on any atom is -0.444 e. The van der Waals surface area contributed by atoms with Gasteiger partial charge in [-0.05, 0) is 27.2 Å². The molecule has 0 saturated heterocycles. The summed E-state index contributed by atoms with van der Waals surface area (Å²) in [7, 11) is 0. The zero-order chi connectivity index (χ0) is 12.9. The lowest BCUT2D eigenvalue weighted by Gasteiger charge is -2.20. The fourth-order valence-electron chi connectivity index (χ4n) is 1.34. The van der Waals surface area contributed by atoms with Crippen LogP contribution in [-0.2, 0) is 13.0 Å². The molecule has 1 rings (SSSR count). The van der Waals surface area contributed by atoms with Crippen molar-refractivity contribution >= 4 is 5.96 Å². The summed E-state index contributed by atoms with van der Waals surface area (Å²) < 4.78 is 5.50. The van der Waals surface area contributed by atoms with E-state index in [4.69, 9.17) is 10.2 Å². The maximum absolute atomic E-state index is 5.75. The summed E-state index contributed by atoms with van der Waals surface area (Å²) in [6, 6.07) is 0. The van der Waals surface area contributed by atoms with Crippen LogP contribution in [0.3, 0.4) is 0 Å². The van der Waals surface area contributed by atoms with Gasteiger partial charge in [-0.1, -0.05) is 6.92 Å². The molecule has 0 radical (unpaired) electrons. The SMILES string of the molecule is CCCc1ncc(CN=C(N)NC(C)(C)C)o1. The van der Waals surface area contributed by atoms with Gasteiger partial charge in [-0.15, -0.1) is 0 Å². The van der Waals surface area contributed by atoms with E-state index in [1.165, 1.54) is 0 Å². The van der Waals surface area contributed by atoms with E-state index in [-0.39, 0.29) is 5.54 Å². The molecule has 0 unspecified atom stereocenters. The predicted octanol–water partition coefficient (Wildman–Crippen LogP) is 1.83. The van der Waals surface area contributed by atoms with Gasteiger partial charge in [0.25, 0.3) is 0 Å². The lowest BCUT2D eigenvalue weighted by atomic mass is 10.1. The standard InChI is InChI=1S/C12H22N4O/c1-5-6-10-14-7-9(17-10)8-15-11(13)16-12(2,3)4/h7H,5-6,8H2,1-4H3,(H3,13,15,16). The van der Waals surface area contributed by atoms with Crippen molar-refractivity contribution in [1.82, 2.24) is 10.3 Å². The Morgan fingerprint density at radius 3 is 2.82 bits per heavy atom. The van der Waals surface area contributed by atoms with Gasteiger partial charge in [0.05, 0.1) is 6.20 Å². The van der Waals surface area contributed by atoms with Crippen LogP contribution in [0.5, 0.6) is 0 Å². The molecule has 0 fully saturated rings. The molecule has 0 aliphatic rings. The average Bonchev–Trinajstić information content (AvgIpc) is 2.61. The second-order valence-corrected chi connectivity index (χ2v) is 5.05. The number of rotatable bonds is 4. The molecule has 5 nitrogen and oxygen atoms in total. The molecule has 0 atom stereocenters. The molecule has 5 heteroatoms. The van der Waals surface area contributed by atoms with Crippen molar-refractivity contribution in [1.29, 1.82) is 0 Å².